The number of aromatic nitrogens is 3. The molecule has 0 spiro atoms. The van der Waals surface area contributed by atoms with Crippen LogP contribution in [0.15, 0.2) is 36.7 Å². The van der Waals surface area contributed by atoms with E-state index in [4.69, 9.17) is 11.6 Å². The van der Waals surface area contributed by atoms with Crippen molar-refractivity contribution in [2.24, 2.45) is 0 Å². The summed E-state index contributed by atoms with van der Waals surface area (Å²) in [5.74, 6) is -0.374. The molecule has 6 heteroatoms. The molecule has 0 atom stereocenters. The molecular formula is C14H12ClFN4. The van der Waals surface area contributed by atoms with E-state index in [1.54, 1.807) is 22.8 Å². The van der Waals surface area contributed by atoms with E-state index in [1.165, 1.54) is 6.07 Å². The maximum Gasteiger partial charge on any atom is 0.155 e. The molecule has 20 heavy (non-hydrogen) atoms. The maximum atomic E-state index is 13.6. The second-order valence-electron chi connectivity index (χ2n) is 4.50. The first-order chi connectivity index (χ1) is 9.63. The highest BCUT2D eigenvalue weighted by Crippen LogP contribution is 2.25. The predicted octanol–water partition coefficient (Wildman–Crippen LogP) is 3.44. The van der Waals surface area contributed by atoms with Gasteiger partial charge in [-0.15, -0.1) is 0 Å². The molecule has 102 valence electrons. The largest absolute Gasteiger partial charge is 0.377 e. The second-order valence-corrected chi connectivity index (χ2v) is 4.91. The Kier molecular flexibility index (Phi) is 3.28. The Hall–Kier alpha value is -2.14. The Morgan fingerprint density at radius 2 is 2.25 bits per heavy atom. The number of aryl methyl sites for hydroxylation is 1. The monoisotopic (exact) mass is 290 g/mol. The number of hydrogen-bond donors (Lipinski definition) is 1. The molecule has 0 radical (unpaired) electrons. The predicted molar refractivity (Wildman–Crippen MR) is 76.5 cm³/mol. The normalized spacial score (nSPS) is 10.9. The average molecular weight is 291 g/mol. The van der Waals surface area contributed by atoms with Crippen LogP contribution in [0, 0.1) is 12.7 Å². The summed E-state index contributed by atoms with van der Waals surface area (Å²) in [4.78, 5) is 4.29. The highest BCUT2D eigenvalue weighted by molar-refractivity contribution is 6.33. The fourth-order valence-corrected chi connectivity index (χ4v) is 2.21. The number of halogens is 2. The van der Waals surface area contributed by atoms with E-state index in [-0.39, 0.29) is 5.82 Å². The van der Waals surface area contributed by atoms with Crippen LogP contribution in [0.5, 0.6) is 0 Å². The third kappa shape index (κ3) is 2.44. The minimum Gasteiger partial charge on any atom is -0.377 e. The lowest BCUT2D eigenvalue weighted by molar-refractivity contribution is 0.630. The number of nitrogens with one attached hydrogen (secondary N) is 1. The van der Waals surface area contributed by atoms with Crippen LogP contribution < -0.4 is 5.32 Å². The summed E-state index contributed by atoms with van der Waals surface area (Å²) in [6, 6.07) is 6.48. The van der Waals surface area contributed by atoms with Gasteiger partial charge >= 0.3 is 0 Å². The van der Waals surface area contributed by atoms with Gasteiger partial charge in [-0.05, 0) is 19.1 Å². The van der Waals surface area contributed by atoms with Crippen LogP contribution in [0.4, 0.5) is 10.1 Å². The SMILES string of the molecule is Cc1cc2ncc(CNc3c(F)cccc3Cl)cn2n1. The van der Waals surface area contributed by atoms with Crippen LogP contribution >= 0.6 is 11.6 Å². The number of para-hydroxylation sites is 1. The number of fused-ring (bicyclic) bond motifs is 1. The van der Waals surface area contributed by atoms with Crippen LogP contribution in [0.3, 0.4) is 0 Å². The smallest absolute Gasteiger partial charge is 0.155 e. The zero-order valence-corrected chi connectivity index (χ0v) is 11.5. The van der Waals surface area contributed by atoms with Crippen LogP contribution in [-0.2, 0) is 6.54 Å². The molecule has 0 saturated heterocycles. The van der Waals surface area contributed by atoms with Crippen molar-refractivity contribution in [1.82, 2.24) is 14.6 Å². The molecule has 3 rings (SSSR count). The first-order valence-electron chi connectivity index (χ1n) is 6.12. The fraction of sp³-hybridized carbons (Fsp3) is 0.143. The van der Waals surface area contributed by atoms with Crippen molar-refractivity contribution in [3.05, 3.63) is 58.8 Å². The van der Waals surface area contributed by atoms with Crippen molar-refractivity contribution in [2.45, 2.75) is 13.5 Å². The summed E-state index contributed by atoms with van der Waals surface area (Å²) >= 11 is 5.96. The van der Waals surface area contributed by atoms with Crippen molar-refractivity contribution in [2.75, 3.05) is 5.32 Å². The summed E-state index contributed by atoms with van der Waals surface area (Å²) < 4.78 is 15.3. The van der Waals surface area contributed by atoms with E-state index in [9.17, 15) is 4.39 Å². The second kappa shape index (κ2) is 5.09. The Morgan fingerprint density at radius 1 is 1.40 bits per heavy atom. The van der Waals surface area contributed by atoms with Crippen LogP contribution in [0.2, 0.25) is 5.02 Å². The molecule has 1 N–H and O–H groups in total. The van der Waals surface area contributed by atoms with Gasteiger partial charge in [-0.25, -0.2) is 13.9 Å². The van der Waals surface area contributed by atoms with Crippen molar-refractivity contribution >= 4 is 22.9 Å². The van der Waals surface area contributed by atoms with Gasteiger partial charge in [-0.1, -0.05) is 17.7 Å². The van der Waals surface area contributed by atoms with Gasteiger partial charge < -0.3 is 5.32 Å². The number of nitrogens with zero attached hydrogens (tertiary/aromatic N) is 3. The average Bonchev–Trinajstić information content (AvgIpc) is 2.77. The van der Waals surface area contributed by atoms with Gasteiger partial charge in [0, 0.05) is 30.6 Å². The van der Waals surface area contributed by atoms with Gasteiger partial charge in [0.1, 0.15) is 5.82 Å². The van der Waals surface area contributed by atoms with Gasteiger partial charge in [0.15, 0.2) is 5.65 Å². The molecule has 0 aliphatic rings. The van der Waals surface area contributed by atoms with E-state index in [1.807, 2.05) is 19.2 Å². The lowest BCUT2D eigenvalue weighted by Crippen LogP contribution is -2.04. The van der Waals surface area contributed by atoms with Crippen LogP contribution in [0.25, 0.3) is 5.65 Å². The lowest BCUT2D eigenvalue weighted by Gasteiger charge is -2.09. The molecule has 1 aromatic carbocycles. The fourth-order valence-electron chi connectivity index (χ4n) is 1.98. The van der Waals surface area contributed by atoms with Gasteiger partial charge in [-0.3, -0.25) is 0 Å². The molecule has 0 aliphatic carbocycles. The Bertz CT molecular complexity index is 749. The zero-order chi connectivity index (χ0) is 14.1. The summed E-state index contributed by atoms with van der Waals surface area (Å²) in [5, 5.41) is 7.63. The Balaban J connectivity index is 1.83. The first-order valence-corrected chi connectivity index (χ1v) is 6.50. The Labute approximate surface area is 120 Å². The highest BCUT2D eigenvalue weighted by atomic mass is 35.5. The topological polar surface area (TPSA) is 42.2 Å². The van der Waals surface area contributed by atoms with Crippen LogP contribution in [-0.4, -0.2) is 14.6 Å². The first kappa shape index (κ1) is 12.9. The van der Waals surface area contributed by atoms with E-state index in [0.717, 1.165) is 16.9 Å². The molecule has 0 fully saturated rings. The summed E-state index contributed by atoms with van der Waals surface area (Å²) in [5.41, 5.74) is 2.88. The molecular weight excluding hydrogens is 279 g/mol. The molecule has 3 aromatic rings. The standard InChI is InChI=1S/C14H12ClFN4/c1-9-5-13-17-6-10(8-20(13)19-9)7-18-14-11(15)3-2-4-12(14)16/h2-6,8,18H,7H2,1H3. The number of anilines is 1. The van der Waals surface area contributed by atoms with Crippen molar-refractivity contribution in [1.29, 1.82) is 0 Å². The molecule has 4 nitrogen and oxygen atoms in total. The van der Waals surface area contributed by atoms with Crippen molar-refractivity contribution in [3.8, 4) is 0 Å². The van der Waals surface area contributed by atoms with E-state index >= 15 is 0 Å². The summed E-state index contributed by atoms with van der Waals surface area (Å²) in [6.45, 7) is 2.33. The zero-order valence-electron chi connectivity index (χ0n) is 10.8. The van der Waals surface area contributed by atoms with Gasteiger partial charge in [-0.2, -0.15) is 5.10 Å². The van der Waals surface area contributed by atoms with Gasteiger partial charge in [0.2, 0.25) is 0 Å². The quantitative estimate of drug-likeness (QED) is 0.803. The van der Waals surface area contributed by atoms with Gasteiger partial charge in [0.25, 0.3) is 0 Å². The van der Waals surface area contributed by atoms with Crippen molar-refractivity contribution < 1.29 is 4.39 Å². The molecule has 2 aromatic heterocycles. The summed E-state index contributed by atoms with van der Waals surface area (Å²) in [6.07, 6.45) is 3.59. The molecule has 2 heterocycles. The molecule has 0 saturated carbocycles. The van der Waals surface area contributed by atoms with E-state index in [0.29, 0.717) is 17.3 Å². The van der Waals surface area contributed by atoms with Crippen molar-refractivity contribution in [3.63, 3.8) is 0 Å². The lowest BCUT2D eigenvalue weighted by atomic mass is 10.2. The number of benzene rings is 1. The summed E-state index contributed by atoms with van der Waals surface area (Å²) in [7, 11) is 0. The van der Waals surface area contributed by atoms with Gasteiger partial charge in [0.05, 0.1) is 16.4 Å². The number of hydrogen-bond acceptors (Lipinski definition) is 3. The molecule has 0 bridgehead atoms. The number of rotatable bonds is 3. The Morgan fingerprint density at radius 3 is 3.05 bits per heavy atom. The third-order valence-electron chi connectivity index (χ3n) is 2.92. The maximum absolute atomic E-state index is 13.6. The molecule has 0 unspecified atom stereocenters. The third-order valence-corrected chi connectivity index (χ3v) is 3.24. The molecule has 0 amide bonds. The van der Waals surface area contributed by atoms with Crippen LogP contribution in [0.1, 0.15) is 11.3 Å². The van der Waals surface area contributed by atoms with E-state index in [2.05, 4.69) is 15.4 Å². The highest BCUT2D eigenvalue weighted by Gasteiger charge is 2.07. The minimum absolute atomic E-state index is 0.297. The van der Waals surface area contributed by atoms with E-state index < -0.39 is 0 Å². The minimum atomic E-state index is -0.374. The molecule has 0 aliphatic heterocycles.